The number of carbonyl (C=O) groups is 1. The Balaban J connectivity index is 3.37. The molecule has 0 unspecified atom stereocenters. The van der Waals surface area contributed by atoms with Crippen molar-refractivity contribution < 1.29 is 14.5 Å². The molecule has 0 N–H and O–H groups in total. The first kappa shape index (κ1) is 10.9. The van der Waals surface area contributed by atoms with E-state index in [0.29, 0.717) is 12.8 Å². The van der Waals surface area contributed by atoms with E-state index >= 15 is 0 Å². The number of carbonyl (C=O) groups excluding carboxylic acids is 1. The predicted molar refractivity (Wildman–Crippen MR) is 42.3 cm³/mol. The van der Waals surface area contributed by atoms with Crippen LogP contribution in [0.3, 0.4) is 0 Å². The van der Waals surface area contributed by atoms with Crippen LogP contribution in [0.4, 0.5) is 0 Å². The number of esters is 1. The molecule has 0 aromatic carbocycles. The second kappa shape index (κ2) is 5.51. The van der Waals surface area contributed by atoms with E-state index in [9.17, 15) is 14.9 Å². The Bertz CT molecular complexity index is 169. The van der Waals surface area contributed by atoms with Crippen molar-refractivity contribution in [2.75, 3.05) is 6.54 Å². The molecule has 0 aliphatic heterocycles. The fraction of sp³-hybridized carbons (Fsp3) is 0.857. The molecular weight excluding hydrogens is 162 g/mol. The summed E-state index contributed by atoms with van der Waals surface area (Å²) in [6.07, 6.45) is 0.768. The molecule has 0 heterocycles. The molecule has 0 aliphatic carbocycles. The van der Waals surface area contributed by atoms with Crippen LogP contribution in [0.15, 0.2) is 0 Å². The third-order valence-corrected chi connectivity index (χ3v) is 1.32. The van der Waals surface area contributed by atoms with Gasteiger partial charge in [-0.1, -0.05) is 0 Å². The normalized spacial score (nSPS) is 12.2. The Morgan fingerprint density at radius 2 is 2.25 bits per heavy atom. The molecule has 0 spiro atoms. The summed E-state index contributed by atoms with van der Waals surface area (Å²) in [5, 5.41) is 9.90. The van der Waals surface area contributed by atoms with E-state index in [1.54, 1.807) is 6.92 Å². The molecule has 0 aliphatic rings. The summed E-state index contributed by atoms with van der Waals surface area (Å²) in [6, 6.07) is 0. The smallest absolute Gasteiger partial charge is 0.302 e. The Hall–Kier alpha value is -1.13. The Morgan fingerprint density at radius 3 is 2.67 bits per heavy atom. The van der Waals surface area contributed by atoms with Crippen LogP contribution in [-0.4, -0.2) is 23.5 Å². The van der Waals surface area contributed by atoms with Crippen molar-refractivity contribution >= 4 is 5.97 Å². The van der Waals surface area contributed by atoms with Crippen molar-refractivity contribution in [3.8, 4) is 0 Å². The van der Waals surface area contributed by atoms with Crippen LogP contribution in [0.25, 0.3) is 0 Å². The first-order valence-electron chi connectivity index (χ1n) is 3.81. The number of ether oxygens (including phenoxy) is 1. The first-order chi connectivity index (χ1) is 5.52. The molecule has 0 saturated heterocycles. The van der Waals surface area contributed by atoms with Gasteiger partial charge in [-0.3, -0.25) is 14.9 Å². The minimum atomic E-state index is -0.375. The Labute approximate surface area is 70.9 Å². The zero-order valence-electron chi connectivity index (χ0n) is 7.28. The Kier molecular flexibility index (Phi) is 4.99. The van der Waals surface area contributed by atoms with Crippen molar-refractivity contribution in [1.82, 2.24) is 0 Å². The van der Waals surface area contributed by atoms with Gasteiger partial charge in [-0.05, 0) is 13.3 Å². The van der Waals surface area contributed by atoms with Crippen molar-refractivity contribution in [2.45, 2.75) is 32.8 Å². The maximum atomic E-state index is 10.4. The van der Waals surface area contributed by atoms with Crippen LogP contribution in [0.5, 0.6) is 0 Å². The zero-order chi connectivity index (χ0) is 9.56. The van der Waals surface area contributed by atoms with Gasteiger partial charge >= 0.3 is 5.97 Å². The molecule has 0 aromatic rings. The lowest BCUT2D eigenvalue weighted by Crippen LogP contribution is -2.13. The van der Waals surface area contributed by atoms with Gasteiger partial charge in [0, 0.05) is 18.3 Å². The molecule has 0 fully saturated rings. The Morgan fingerprint density at radius 1 is 1.67 bits per heavy atom. The largest absolute Gasteiger partial charge is 0.463 e. The molecule has 12 heavy (non-hydrogen) atoms. The van der Waals surface area contributed by atoms with Crippen molar-refractivity contribution in [3.05, 3.63) is 10.1 Å². The van der Waals surface area contributed by atoms with E-state index in [2.05, 4.69) is 0 Å². The molecule has 5 heteroatoms. The van der Waals surface area contributed by atoms with Crippen LogP contribution in [0.2, 0.25) is 0 Å². The molecule has 0 aromatic heterocycles. The summed E-state index contributed by atoms with van der Waals surface area (Å²) in [5.74, 6) is -0.344. The highest BCUT2D eigenvalue weighted by atomic mass is 16.6. The zero-order valence-corrected chi connectivity index (χ0v) is 7.28. The van der Waals surface area contributed by atoms with E-state index in [1.165, 1.54) is 6.92 Å². The molecule has 0 saturated carbocycles. The number of hydrogen-bond donors (Lipinski definition) is 0. The topological polar surface area (TPSA) is 69.4 Å². The van der Waals surface area contributed by atoms with Gasteiger partial charge in [-0.15, -0.1) is 0 Å². The predicted octanol–water partition coefficient (Wildman–Crippen LogP) is 0.995. The second-order valence-electron chi connectivity index (χ2n) is 2.62. The van der Waals surface area contributed by atoms with Gasteiger partial charge in [0.1, 0.15) is 0 Å². The van der Waals surface area contributed by atoms with Crippen molar-refractivity contribution in [3.63, 3.8) is 0 Å². The molecule has 1 atom stereocenters. The number of rotatable bonds is 5. The van der Waals surface area contributed by atoms with Crippen LogP contribution < -0.4 is 0 Å². The summed E-state index contributed by atoms with van der Waals surface area (Å²) in [4.78, 5) is 19.9. The molecular formula is C7H13NO4. The molecule has 0 bridgehead atoms. The lowest BCUT2D eigenvalue weighted by molar-refractivity contribution is -0.480. The fourth-order valence-electron chi connectivity index (χ4n) is 0.850. The summed E-state index contributed by atoms with van der Waals surface area (Å²) < 4.78 is 4.77. The van der Waals surface area contributed by atoms with Gasteiger partial charge in [0.05, 0.1) is 6.10 Å². The molecule has 5 nitrogen and oxygen atoms in total. The van der Waals surface area contributed by atoms with Gasteiger partial charge in [0.2, 0.25) is 6.54 Å². The van der Waals surface area contributed by atoms with Crippen LogP contribution >= 0.6 is 0 Å². The third kappa shape index (κ3) is 6.98. The van der Waals surface area contributed by atoms with Crippen molar-refractivity contribution in [2.24, 2.45) is 0 Å². The monoisotopic (exact) mass is 175 g/mol. The summed E-state index contributed by atoms with van der Waals surface area (Å²) in [7, 11) is 0. The highest BCUT2D eigenvalue weighted by Crippen LogP contribution is 2.01. The fourth-order valence-corrected chi connectivity index (χ4v) is 0.850. The van der Waals surface area contributed by atoms with Crippen molar-refractivity contribution in [1.29, 1.82) is 0 Å². The maximum absolute atomic E-state index is 10.4. The first-order valence-corrected chi connectivity index (χ1v) is 3.81. The van der Waals surface area contributed by atoms with E-state index in [1.807, 2.05) is 0 Å². The standard InChI is InChI=1S/C7H13NO4/c1-6(12-7(2)9)4-3-5-8(10)11/h6H,3-5H2,1-2H3/t6-/m0/s1. The average molecular weight is 175 g/mol. The van der Waals surface area contributed by atoms with Crippen LogP contribution in [0.1, 0.15) is 26.7 Å². The highest BCUT2D eigenvalue weighted by Gasteiger charge is 2.06. The quantitative estimate of drug-likeness (QED) is 0.355. The average Bonchev–Trinajstić information content (AvgIpc) is 1.84. The van der Waals surface area contributed by atoms with Crippen LogP contribution in [0, 0.1) is 10.1 Å². The van der Waals surface area contributed by atoms with Gasteiger partial charge in [-0.25, -0.2) is 0 Å². The summed E-state index contributed by atoms with van der Waals surface area (Å²) >= 11 is 0. The van der Waals surface area contributed by atoms with E-state index in [0.717, 1.165) is 0 Å². The van der Waals surface area contributed by atoms with Gasteiger partial charge in [-0.2, -0.15) is 0 Å². The van der Waals surface area contributed by atoms with Gasteiger partial charge in [0.25, 0.3) is 0 Å². The molecule has 0 rings (SSSR count). The maximum Gasteiger partial charge on any atom is 0.302 e. The molecule has 0 radical (unpaired) electrons. The summed E-state index contributed by atoms with van der Waals surface area (Å²) in [5.41, 5.74) is 0. The SMILES string of the molecule is CC(=O)O[C@@H](C)CCC[N+](=O)[O-]. The number of nitro groups is 1. The lowest BCUT2D eigenvalue weighted by Gasteiger charge is -2.09. The third-order valence-electron chi connectivity index (χ3n) is 1.32. The number of nitrogens with zero attached hydrogens (tertiary/aromatic N) is 1. The van der Waals surface area contributed by atoms with Gasteiger partial charge < -0.3 is 4.74 Å². The van der Waals surface area contributed by atoms with E-state index < -0.39 is 0 Å². The lowest BCUT2D eigenvalue weighted by atomic mass is 10.2. The number of hydrogen-bond acceptors (Lipinski definition) is 4. The van der Waals surface area contributed by atoms with Gasteiger partial charge in [0.15, 0.2) is 0 Å². The molecule has 70 valence electrons. The minimum Gasteiger partial charge on any atom is -0.463 e. The minimum absolute atomic E-state index is 0.0639. The highest BCUT2D eigenvalue weighted by molar-refractivity contribution is 5.66. The second-order valence-corrected chi connectivity index (χ2v) is 2.62. The van der Waals surface area contributed by atoms with E-state index in [-0.39, 0.29) is 23.5 Å². The summed E-state index contributed by atoms with van der Waals surface area (Å²) in [6.45, 7) is 2.98. The van der Waals surface area contributed by atoms with E-state index in [4.69, 9.17) is 4.74 Å². The molecule has 0 amide bonds. The van der Waals surface area contributed by atoms with Crippen LogP contribution in [-0.2, 0) is 9.53 Å².